The lowest BCUT2D eigenvalue weighted by atomic mass is 10.1. The Morgan fingerprint density at radius 1 is 1.10 bits per heavy atom. The molecule has 0 aliphatic carbocycles. The Balaban J connectivity index is 1.82. The van der Waals surface area contributed by atoms with E-state index in [0.29, 0.717) is 56.7 Å². The molecular weight excluding hydrogens is 575 g/mol. The molecule has 0 aliphatic rings. The van der Waals surface area contributed by atoms with Crippen LogP contribution in [0.1, 0.15) is 12.0 Å². The minimum absolute atomic E-state index is 0.303. The lowest BCUT2D eigenvalue weighted by molar-refractivity contribution is -0.111. The van der Waals surface area contributed by atoms with Crippen LogP contribution in [0.15, 0.2) is 55.3 Å². The van der Waals surface area contributed by atoms with Gasteiger partial charge in [0.2, 0.25) is 5.91 Å². The fourth-order valence-corrected chi connectivity index (χ4v) is 5.13. The second-order valence-corrected chi connectivity index (χ2v) is 10.6. The number of carbonyl (C=O) groups is 1. The van der Waals surface area contributed by atoms with Crippen LogP contribution in [0, 0.1) is 6.92 Å². The maximum Gasteiger partial charge on any atom is 0.247 e. The number of ether oxygens (including phenoxy) is 2. The molecule has 42 heavy (non-hydrogen) atoms. The highest BCUT2D eigenvalue weighted by atomic mass is 35.5. The monoisotopic (exact) mass is 608 g/mol. The second-order valence-electron chi connectivity index (χ2n) is 9.83. The van der Waals surface area contributed by atoms with Crippen molar-refractivity contribution < 1.29 is 14.3 Å². The van der Waals surface area contributed by atoms with Crippen LogP contribution in [0.2, 0.25) is 10.0 Å². The molecule has 0 saturated carbocycles. The van der Waals surface area contributed by atoms with Crippen molar-refractivity contribution in [1.82, 2.24) is 14.9 Å². The van der Waals surface area contributed by atoms with Gasteiger partial charge < -0.3 is 30.3 Å². The Hall–Kier alpha value is -4.05. The van der Waals surface area contributed by atoms with E-state index in [1.54, 1.807) is 12.3 Å². The number of aromatic nitrogens is 2. The number of nitrogens with one attached hydrogen (secondary N) is 3. The minimum atomic E-state index is -0.303. The lowest BCUT2D eigenvalue weighted by Crippen LogP contribution is -2.16. The molecule has 0 aliphatic heterocycles. The van der Waals surface area contributed by atoms with E-state index in [2.05, 4.69) is 32.4 Å². The van der Waals surface area contributed by atoms with Gasteiger partial charge in [-0.1, -0.05) is 41.9 Å². The summed E-state index contributed by atoms with van der Waals surface area (Å²) in [5, 5.41) is 12.0. The summed E-state index contributed by atoms with van der Waals surface area (Å²) in [6.45, 7) is 7.10. The lowest BCUT2D eigenvalue weighted by Gasteiger charge is -2.18. The van der Waals surface area contributed by atoms with E-state index in [-0.39, 0.29) is 5.91 Å². The van der Waals surface area contributed by atoms with Gasteiger partial charge in [-0.2, -0.15) is 0 Å². The Bertz CT molecular complexity index is 1600. The van der Waals surface area contributed by atoms with Crippen LogP contribution in [0.5, 0.6) is 11.5 Å². The topological polar surface area (TPSA) is 101 Å². The van der Waals surface area contributed by atoms with Crippen LogP contribution in [-0.4, -0.2) is 62.2 Å². The van der Waals surface area contributed by atoms with Gasteiger partial charge in [0, 0.05) is 35.1 Å². The number of amides is 1. The van der Waals surface area contributed by atoms with Crippen molar-refractivity contribution in [1.29, 1.82) is 0 Å². The molecule has 0 radical (unpaired) electrons. The molecule has 2 aromatic heterocycles. The zero-order valence-electron chi connectivity index (χ0n) is 24.3. The second kappa shape index (κ2) is 13.7. The van der Waals surface area contributed by atoms with Crippen LogP contribution in [0.3, 0.4) is 0 Å². The molecule has 9 nitrogen and oxygen atoms in total. The van der Waals surface area contributed by atoms with Gasteiger partial charge in [0.1, 0.15) is 23.1 Å². The fraction of sp³-hybridized carbons (Fsp3) is 0.258. The van der Waals surface area contributed by atoms with Crippen LogP contribution in [0.25, 0.3) is 22.0 Å². The SMILES string of the molecule is C=CC(=O)Nc1cccc(C)c1Nc1cc2c(NCCCN(C)C)nc(-c3c(Cl)c(OC)cc(OC)c3Cl)cc2cn1. The minimum Gasteiger partial charge on any atom is -0.495 e. The molecule has 220 valence electrons. The van der Waals surface area contributed by atoms with Gasteiger partial charge >= 0.3 is 0 Å². The van der Waals surface area contributed by atoms with E-state index in [9.17, 15) is 4.79 Å². The smallest absolute Gasteiger partial charge is 0.247 e. The van der Waals surface area contributed by atoms with Gasteiger partial charge in [-0.25, -0.2) is 9.97 Å². The zero-order chi connectivity index (χ0) is 30.4. The number of fused-ring (bicyclic) bond motifs is 1. The van der Waals surface area contributed by atoms with Crippen LogP contribution >= 0.6 is 23.2 Å². The van der Waals surface area contributed by atoms with Gasteiger partial charge in [-0.15, -0.1) is 0 Å². The number of benzene rings is 2. The third-order valence-corrected chi connectivity index (χ3v) is 7.34. The van der Waals surface area contributed by atoms with Gasteiger partial charge in [0.15, 0.2) is 0 Å². The fourth-order valence-electron chi connectivity index (χ4n) is 4.44. The van der Waals surface area contributed by atoms with Crippen molar-refractivity contribution in [3.63, 3.8) is 0 Å². The first kappa shape index (κ1) is 30.9. The summed E-state index contributed by atoms with van der Waals surface area (Å²) in [7, 11) is 7.14. The number of hydrogen-bond donors (Lipinski definition) is 3. The molecule has 0 spiro atoms. The van der Waals surface area contributed by atoms with E-state index in [4.69, 9.17) is 37.7 Å². The maximum absolute atomic E-state index is 12.0. The summed E-state index contributed by atoms with van der Waals surface area (Å²) < 4.78 is 11.0. The molecule has 3 N–H and O–H groups in total. The number of hydrogen-bond acceptors (Lipinski definition) is 8. The number of aryl methyl sites for hydroxylation is 1. The number of rotatable bonds is 12. The van der Waals surface area contributed by atoms with Crippen molar-refractivity contribution in [3.05, 3.63) is 70.9 Å². The van der Waals surface area contributed by atoms with Gasteiger partial charge in [0.05, 0.1) is 41.3 Å². The van der Waals surface area contributed by atoms with Crippen molar-refractivity contribution in [2.75, 3.05) is 57.4 Å². The van der Waals surface area contributed by atoms with Crippen molar-refractivity contribution in [2.45, 2.75) is 13.3 Å². The average molecular weight is 610 g/mol. The van der Waals surface area contributed by atoms with Gasteiger partial charge in [-0.3, -0.25) is 4.79 Å². The molecule has 0 unspecified atom stereocenters. The van der Waals surface area contributed by atoms with E-state index >= 15 is 0 Å². The number of carbonyl (C=O) groups excluding carboxylic acids is 1. The Kier molecular flexibility index (Phi) is 10.1. The molecule has 0 fully saturated rings. The summed E-state index contributed by atoms with van der Waals surface area (Å²) in [4.78, 5) is 23.8. The largest absolute Gasteiger partial charge is 0.495 e. The number of para-hydroxylation sites is 1. The Labute approximate surface area is 255 Å². The predicted octanol–water partition coefficient (Wildman–Crippen LogP) is 7.16. The number of anilines is 4. The van der Waals surface area contributed by atoms with Crippen LogP contribution in [0.4, 0.5) is 23.0 Å². The molecule has 11 heteroatoms. The first-order valence-electron chi connectivity index (χ1n) is 13.3. The molecular formula is C31H34Cl2N6O3. The summed E-state index contributed by atoms with van der Waals surface area (Å²) in [5.74, 6) is 1.76. The summed E-state index contributed by atoms with van der Waals surface area (Å²) in [6.07, 6.45) is 3.89. The molecule has 2 heterocycles. The van der Waals surface area contributed by atoms with Crippen molar-refractivity contribution >= 4 is 62.9 Å². The first-order chi connectivity index (χ1) is 20.2. The van der Waals surface area contributed by atoms with Crippen molar-refractivity contribution in [2.24, 2.45) is 0 Å². The third-order valence-electron chi connectivity index (χ3n) is 6.59. The number of halogens is 2. The molecule has 2 aromatic carbocycles. The number of nitrogens with zero attached hydrogens (tertiary/aromatic N) is 3. The van der Waals surface area contributed by atoms with Gasteiger partial charge in [-0.05, 0) is 63.8 Å². The normalized spacial score (nSPS) is 11.0. The van der Waals surface area contributed by atoms with Crippen molar-refractivity contribution in [3.8, 4) is 22.8 Å². The van der Waals surface area contributed by atoms with E-state index in [1.165, 1.54) is 20.3 Å². The third kappa shape index (κ3) is 6.87. The molecule has 4 rings (SSSR count). The quantitative estimate of drug-likeness (QED) is 0.115. The molecule has 0 atom stereocenters. The first-order valence-corrected chi connectivity index (χ1v) is 14.0. The predicted molar refractivity (Wildman–Crippen MR) is 173 cm³/mol. The van der Waals surface area contributed by atoms with Gasteiger partial charge in [0.25, 0.3) is 0 Å². The molecule has 0 bridgehead atoms. The van der Waals surface area contributed by atoms with E-state index in [0.717, 1.165) is 35.0 Å². The highest BCUT2D eigenvalue weighted by molar-refractivity contribution is 6.41. The number of methoxy groups -OCH3 is 2. The standard InChI is InChI=1S/C31H34Cl2N6O3/c1-7-26(40)36-21-11-8-10-18(2)30(21)38-25-15-20-19(17-35-25)14-22(37-31(20)34-12-9-13-39(3)4)27-28(32)23(41-5)16-24(42-6)29(27)33/h7-8,10-11,14-17H,1,9,12-13H2,2-6H3,(H,34,37)(H,35,38)(H,36,40). The summed E-state index contributed by atoms with van der Waals surface area (Å²) >= 11 is 13.5. The zero-order valence-corrected chi connectivity index (χ0v) is 25.8. The number of pyridine rings is 2. The Morgan fingerprint density at radius 2 is 1.81 bits per heavy atom. The molecule has 1 amide bonds. The highest BCUT2D eigenvalue weighted by Crippen LogP contribution is 2.46. The summed E-state index contributed by atoms with van der Waals surface area (Å²) in [5.41, 5.74) is 3.32. The maximum atomic E-state index is 12.0. The van der Waals surface area contributed by atoms with Crippen LogP contribution in [-0.2, 0) is 4.79 Å². The molecule has 4 aromatic rings. The van der Waals surface area contributed by atoms with Crippen LogP contribution < -0.4 is 25.4 Å². The van der Waals surface area contributed by atoms with E-state index in [1.807, 2.05) is 51.4 Å². The summed E-state index contributed by atoms with van der Waals surface area (Å²) in [6, 6.07) is 11.1. The van der Waals surface area contributed by atoms with E-state index < -0.39 is 0 Å². The highest BCUT2D eigenvalue weighted by Gasteiger charge is 2.21. The average Bonchev–Trinajstić information content (AvgIpc) is 2.97. The molecule has 0 saturated heterocycles. The Morgan fingerprint density at radius 3 is 2.45 bits per heavy atom.